The van der Waals surface area contributed by atoms with Crippen LogP contribution < -0.4 is 5.73 Å². The number of hydrogen-bond donors (Lipinski definition) is 2. The van der Waals surface area contributed by atoms with E-state index in [0.717, 1.165) is 5.56 Å². The van der Waals surface area contributed by atoms with Gasteiger partial charge in [0.2, 0.25) is 0 Å². The second kappa shape index (κ2) is 5.07. The van der Waals surface area contributed by atoms with E-state index in [4.69, 9.17) is 5.73 Å². The zero-order chi connectivity index (χ0) is 13.3. The van der Waals surface area contributed by atoms with E-state index in [1.165, 1.54) is 23.0 Å². The van der Waals surface area contributed by atoms with Crippen molar-refractivity contribution in [3.8, 4) is 0 Å². The average molecular weight is 314 g/mol. The lowest BCUT2D eigenvalue weighted by Crippen LogP contribution is -2.06. The highest BCUT2D eigenvalue weighted by Crippen LogP contribution is 2.27. The second-order valence-electron chi connectivity index (χ2n) is 4.06. The van der Waals surface area contributed by atoms with Crippen LogP contribution >= 0.6 is 15.9 Å². The highest BCUT2D eigenvalue weighted by atomic mass is 79.9. The summed E-state index contributed by atoms with van der Waals surface area (Å²) in [5.41, 5.74) is 7.18. The molecule has 1 atom stereocenters. The van der Waals surface area contributed by atoms with Crippen LogP contribution in [0, 0.1) is 5.82 Å². The Balaban J connectivity index is 2.21. The van der Waals surface area contributed by atoms with Crippen molar-refractivity contribution in [2.75, 3.05) is 5.73 Å². The van der Waals surface area contributed by atoms with Crippen molar-refractivity contribution in [2.45, 2.75) is 12.5 Å². The monoisotopic (exact) mass is 313 g/mol. The summed E-state index contributed by atoms with van der Waals surface area (Å²) in [6, 6.07) is 4.36. The summed E-state index contributed by atoms with van der Waals surface area (Å²) in [5, 5.41) is 14.1. The number of nitrogens with zero attached hydrogens (tertiary/aromatic N) is 2. The quantitative estimate of drug-likeness (QED) is 0.913. The molecular weight excluding hydrogens is 301 g/mol. The molecule has 0 aliphatic carbocycles. The largest absolute Gasteiger partial charge is 0.388 e. The molecule has 1 aromatic heterocycles. The fraction of sp³-hybridized carbons (Fsp3) is 0.250. The Labute approximate surface area is 112 Å². The third-order valence-corrected chi connectivity index (χ3v) is 3.54. The SMILES string of the molecule is Cn1ncc(C(O)Cc2ccc(F)cc2Br)c1N. The van der Waals surface area contributed by atoms with Crippen LogP contribution in [0.5, 0.6) is 0 Å². The number of rotatable bonds is 3. The molecule has 0 saturated carbocycles. The Morgan fingerprint density at radius 1 is 1.56 bits per heavy atom. The summed E-state index contributed by atoms with van der Waals surface area (Å²) in [6.45, 7) is 0. The lowest BCUT2D eigenvalue weighted by molar-refractivity contribution is 0.179. The first-order chi connectivity index (χ1) is 8.49. The predicted octanol–water partition coefficient (Wildman–Crippen LogP) is 2.18. The third kappa shape index (κ3) is 2.54. The van der Waals surface area contributed by atoms with E-state index < -0.39 is 6.10 Å². The zero-order valence-corrected chi connectivity index (χ0v) is 11.4. The molecule has 1 unspecified atom stereocenters. The van der Waals surface area contributed by atoms with E-state index >= 15 is 0 Å². The molecule has 2 aromatic rings. The van der Waals surface area contributed by atoms with Gasteiger partial charge >= 0.3 is 0 Å². The minimum Gasteiger partial charge on any atom is -0.388 e. The number of anilines is 1. The van der Waals surface area contributed by atoms with Gasteiger partial charge in [0.15, 0.2) is 0 Å². The maximum absolute atomic E-state index is 12.9. The fourth-order valence-corrected chi connectivity index (χ4v) is 2.24. The van der Waals surface area contributed by atoms with E-state index in [2.05, 4.69) is 21.0 Å². The van der Waals surface area contributed by atoms with Crippen molar-refractivity contribution in [3.63, 3.8) is 0 Å². The number of aromatic nitrogens is 2. The summed E-state index contributed by atoms with van der Waals surface area (Å²) in [4.78, 5) is 0. The van der Waals surface area contributed by atoms with Crippen molar-refractivity contribution >= 4 is 21.7 Å². The molecule has 0 fully saturated rings. The molecule has 18 heavy (non-hydrogen) atoms. The lowest BCUT2D eigenvalue weighted by atomic mass is 10.0. The van der Waals surface area contributed by atoms with Gasteiger partial charge in [-0.05, 0) is 17.7 Å². The molecule has 0 bridgehead atoms. The highest BCUT2D eigenvalue weighted by Gasteiger charge is 2.16. The van der Waals surface area contributed by atoms with Crippen LogP contribution in [0.4, 0.5) is 10.2 Å². The molecular formula is C12H13BrFN3O. The predicted molar refractivity (Wildman–Crippen MR) is 70.4 cm³/mol. The van der Waals surface area contributed by atoms with Gasteiger partial charge < -0.3 is 10.8 Å². The first kappa shape index (κ1) is 13.0. The Bertz CT molecular complexity index is 570. The van der Waals surface area contributed by atoms with Gasteiger partial charge in [0, 0.05) is 23.5 Å². The van der Waals surface area contributed by atoms with Gasteiger partial charge in [-0.3, -0.25) is 4.68 Å². The molecule has 96 valence electrons. The maximum Gasteiger partial charge on any atom is 0.127 e. The number of aliphatic hydroxyl groups excluding tert-OH is 1. The van der Waals surface area contributed by atoms with Crippen LogP contribution in [-0.4, -0.2) is 14.9 Å². The molecule has 6 heteroatoms. The topological polar surface area (TPSA) is 64.1 Å². The molecule has 0 amide bonds. The van der Waals surface area contributed by atoms with Crippen LogP contribution in [0.25, 0.3) is 0 Å². The van der Waals surface area contributed by atoms with Gasteiger partial charge in [-0.15, -0.1) is 0 Å². The van der Waals surface area contributed by atoms with Gasteiger partial charge in [0.1, 0.15) is 11.6 Å². The van der Waals surface area contributed by atoms with Gasteiger partial charge in [-0.2, -0.15) is 5.10 Å². The van der Waals surface area contributed by atoms with Crippen LogP contribution in [0.1, 0.15) is 17.2 Å². The first-order valence-corrected chi connectivity index (χ1v) is 6.17. The summed E-state index contributed by atoms with van der Waals surface area (Å²) in [6.07, 6.45) is 1.12. The molecule has 3 N–H and O–H groups in total. The number of nitrogen functional groups attached to an aromatic ring is 1. The molecule has 0 spiro atoms. The summed E-state index contributed by atoms with van der Waals surface area (Å²) < 4.78 is 15.1. The zero-order valence-electron chi connectivity index (χ0n) is 9.77. The molecule has 0 aliphatic heterocycles. The van der Waals surface area contributed by atoms with Crippen molar-refractivity contribution < 1.29 is 9.50 Å². The first-order valence-electron chi connectivity index (χ1n) is 5.38. The number of hydrogen-bond acceptors (Lipinski definition) is 3. The van der Waals surface area contributed by atoms with E-state index in [0.29, 0.717) is 22.3 Å². The number of benzene rings is 1. The van der Waals surface area contributed by atoms with Crippen LogP contribution in [0.15, 0.2) is 28.9 Å². The van der Waals surface area contributed by atoms with Crippen molar-refractivity contribution in [2.24, 2.45) is 7.05 Å². The summed E-state index contributed by atoms with van der Waals surface area (Å²) in [7, 11) is 1.71. The van der Waals surface area contributed by atoms with Crippen LogP contribution in [0.2, 0.25) is 0 Å². The number of aliphatic hydroxyl groups is 1. The molecule has 2 rings (SSSR count). The molecule has 4 nitrogen and oxygen atoms in total. The van der Waals surface area contributed by atoms with Crippen molar-refractivity contribution in [3.05, 3.63) is 45.8 Å². The van der Waals surface area contributed by atoms with Gasteiger partial charge in [-0.1, -0.05) is 22.0 Å². The van der Waals surface area contributed by atoms with Crippen LogP contribution in [-0.2, 0) is 13.5 Å². The van der Waals surface area contributed by atoms with Gasteiger partial charge in [0.05, 0.1) is 12.3 Å². The third-order valence-electron chi connectivity index (χ3n) is 2.80. The minimum absolute atomic E-state index is 0.319. The Morgan fingerprint density at radius 3 is 2.83 bits per heavy atom. The summed E-state index contributed by atoms with van der Waals surface area (Å²) in [5.74, 6) is 0.113. The Kier molecular flexibility index (Phi) is 3.68. The standard InChI is InChI=1S/C12H13BrFN3O/c1-17-12(15)9(6-16-17)11(18)4-7-2-3-8(14)5-10(7)13/h2-3,5-6,11,18H,4,15H2,1H3. The molecule has 0 aliphatic rings. The summed E-state index contributed by atoms with van der Waals surface area (Å²) >= 11 is 3.27. The number of nitrogens with two attached hydrogens (primary N) is 1. The smallest absolute Gasteiger partial charge is 0.127 e. The normalized spacial score (nSPS) is 12.7. The number of halogens is 2. The van der Waals surface area contributed by atoms with E-state index in [9.17, 15) is 9.50 Å². The Morgan fingerprint density at radius 2 is 2.28 bits per heavy atom. The van der Waals surface area contributed by atoms with E-state index in [-0.39, 0.29) is 5.82 Å². The molecule has 1 heterocycles. The molecule has 1 aromatic carbocycles. The van der Waals surface area contributed by atoms with Gasteiger partial charge in [0.25, 0.3) is 0 Å². The minimum atomic E-state index is -0.763. The average Bonchev–Trinajstić information content (AvgIpc) is 2.64. The highest BCUT2D eigenvalue weighted by molar-refractivity contribution is 9.10. The lowest BCUT2D eigenvalue weighted by Gasteiger charge is -2.11. The second-order valence-corrected chi connectivity index (χ2v) is 4.92. The van der Waals surface area contributed by atoms with E-state index in [1.807, 2.05) is 0 Å². The Hall–Kier alpha value is -1.40. The van der Waals surface area contributed by atoms with E-state index in [1.54, 1.807) is 13.1 Å². The van der Waals surface area contributed by atoms with Gasteiger partial charge in [-0.25, -0.2) is 4.39 Å². The fourth-order valence-electron chi connectivity index (χ4n) is 1.73. The molecule has 0 saturated heterocycles. The van der Waals surface area contributed by atoms with Crippen LogP contribution in [0.3, 0.4) is 0 Å². The maximum atomic E-state index is 12.9. The molecule has 0 radical (unpaired) electrons. The number of aryl methyl sites for hydroxylation is 1. The van der Waals surface area contributed by atoms with Crippen molar-refractivity contribution in [1.82, 2.24) is 9.78 Å². The van der Waals surface area contributed by atoms with Crippen molar-refractivity contribution in [1.29, 1.82) is 0 Å².